The molecule has 0 aliphatic heterocycles. The van der Waals surface area contributed by atoms with E-state index in [0.29, 0.717) is 17.9 Å². The van der Waals surface area contributed by atoms with Gasteiger partial charge in [0, 0.05) is 12.0 Å². The summed E-state index contributed by atoms with van der Waals surface area (Å²) in [5.74, 6) is 0.557. The standard InChI is InChI=1S/C15H16ClFN2O2/c1-21-14(20)10-2-3-11-12(6-10)19(13(7-16)18-11)9-15(8-17)4-5-15/h2-3,6H,4-5,7-9H2,1H3. The Kier molecular flexibility index (Phi) is 3.61. The molecule has 1 aliphatic rings. The first-order valence-corrected chi connectivity index (χ1v) is 7.35. The fraction of sp³-hybridized carbons (Fsp3) is 0.467. The van der Waals surface area contributed by atoms with Gasteiger partial charge in [-0.2, -0.15) is 0 Å². The molecule has 0 N–H and O–H groups in total. The third-order valence-electron chi connectivity index (χ3n) is 4.10. The van der Waals surface area contributed by atoms with E-state index >= 15 is 0 Å². The molecule has 112 valence electrons. The Morgan fingerprint density at radius 3 is 2.86 bits per heavy atom. The summed E-state index contributed by atoms with van der Waals surface area (Å²) < 4.78 is 19.9. The fourth-order valence-corrected chi connectivity index (χ4v) is 2.75. The van der Waals surface area contributed by atoms with E-state index in [1.165, 1.54) is 7.11 Å². The van der Waals surface area contributed by atoms with Gasteiger partial charge in [0.15, 0.2) is 0 Å². The molecule has 0 radical (unpaired) electrons. The third kappa shape index (κ3) is 2.50. The number of ether oxygens (including phenoxy) is 1. The number of methoxy groups -OCH3 is 1. The molecule has 4 nitrogen and oxygen atoms in total. The van der Waals surface area contributed by atoms with Crippen molar-refractivity contribution in [3.63, 3.8) is 0 Å². The van der Waals surface area contributed by atoms with Gasteiger partial charge in [0.1, 0.15) is 5.82 Å². The Morgan fingerprint density at radius 2 is 2.29 bits per heavy atom. The lowest BCUT2D eigenvalue weighted by molar-refractivity contribution is 0.0601. The van der Waals surface area contributed by atoms with E-state index in [4.69, 9.17) is 16.3 Å². The molecule has 0 spiro atoms. The lowest BCUT2D eigenvalue weighted by Crippen LogP contribution is -2.15. The van der Waals surface area contributed by atoms with Crippen molar-refractivity contribution in [2.24, 2.45) is 5.41 Å². The Bertz CT molecular complexity index is 694. The molecule has 1 saturated carbocycles. The number of alkyl halides is 2. The third-order valence-corrected chi connectivity index (χ3v) is 4.34. The SMILES string of the molecule is COC(=O)c1ccc2nc(CCl)n(CC3(CF)CC3)c2c1. The average molecular weight is 311 g/mol. The summed E-state index contributed by atoms with van der Waals surface area (Å²) in [5, 5.41) is 0. The second-order valence-corrected chi connectivity index (χ2v) is 5.84. The van der Waals surface area contributed by atoms with Crippen molar-refractivity contribution in [3.05, 3.63) is 29.6 Å². The maximum absolute atomic E-state index is 13.2. The van der Waals surface area contributed by atoms with Gasteiger partial charge in [0.2, 0.25) is 0 Å². The van der Waals surface area contributed by atoms with Crippen molar-refractivity contribution >= 4 is 28.6 Å². The molecule has 0 saturated heterocycles. The zero-order valence-corrected chi connectivity index (χ0v) is 12.5. The molecular weight excluding hydrogens is 295 g/mol. The van der Waals surface area contributed by atoms with Gasteiger partial charge in [0.25, 0.3) is 0 Å². The van der Waals surface area contributed by atoms with Gasteiger partial charge >= 0.3 is 5.97 Å². The van der Waals surface area contributed by atoms with E-state index in [2.05, 4.69) is 4.98 Å². The molecule has 1 aromatic carbocycles. The zero-order chi connectivity index (χ0) is 15.0. The van der Waals surface area contributed by atoms with E-state index < -0.39 is 5.97 Å². The normalized spacial score (nSPS) is 16.1. The number of imidazole rings is 1. The van der Waals surface area contributed by atoms with Gasteiger partial charge in [0.05, 0.1) is 36.3 Å². The summed E-state index contributed by atoms with van der Waals surface area (Å²) in [7, 11) is 1.34. The topological polar surface area (TPSA) is 44.1 Å². The summed E-state index contributed by atoms with van der Waals surface area (Å²) in [6.45, 7) is 0.206. The van der Waals surface area contributed by atoms with Crippen LogP contribution in [0.25, 0.3) is 11.0 Å². The van der Waals surface area contributed by atoms with Crippen molar-refractivity contribution in [2.45, 2.75) is 25.3 Å². The molecule has 6 heteroatoms. The predicted octanol–water partition coefficient (Wildman–Crippen LogP) is 3.31. The summed E-state index contributed by atoms with van der Waals surface area (Å²) >= 11 is 5.96. The van der Waals surface area contributed by atoms with Crippen LogP contribution < -0.4 is 0 Å². The summed E-state index contributed by atoms with van der Waals surface area (Å²) in [6.07, 6.45) is 1.75. The second-order valence-electron chi connectivity index (χ2n) is 5.58. The quantitative estimate of drug-likeness (QED) is 0.628. The molecule has 0 unspecified atom stereocenters. The molecule has 1 fully saturated rings. The first kappa shape index (κ1) is 14.3. The van der Waals surface area contributed by atoms with Crippen LogP contribution in [0.4, 0.5) is 4.39 Å². The number of fused-ring (bicyclic) bond motifs is 1. The first-order valence-electron chi connectivity index (χ1n) is 6.82. The fourth-order valence-electron chi connectivity index (χ4n) is 2.54. The Balaban J connectivity index is 2.08. The monoisotopic (exact) mass is 310 g/mol. The van der Waals surface area contributed by atoms with Crippen LogP contribution >= 0.6 is 11.6 Å². The minimum Gasteiger partial charge on any atom is -0.465 e. The van der Waals surface area contributed by atoms with Crippen molar-refractivity contribution in [3.8, 4) is 0 Å². The number of esters is 1. The van der Waals surface area contributed by atoms with Crippen molar-refractivity contribution < 1.29 is 13.9 Å². The highest BCUT2D eigenvalue weighted by atomic mass is 35.5. The van der Waals surface area contributed by atoms with Crippen LogP contribution in [0.5, 0.6) is 0 Å². The molecule has 1 heterocycles. The molecule has 0 atom stereocenters. The summed E-state index contributed by atoms with van der Waals surface area (Å²) in [6, 6.07) is 5.17. The largest absolute Gasteiger partial charge is 0.465 e. The van der Waals surface area contributed by atoms with Gasteiger partial charge in [-0.25, -0.2) is 9.78 Å². The van der Waals surface area contributed by atoms with Crippen LogP contribution in [0, 0.1) is 5.41 Å². The number of halogens is 2. The lowest BCUT2D eigenvalue weighted by atomic mass is 10.1. The van der Waals surface area contributed by atoms with Crippen LogP contribution in [0.3, 0.4) is 0 Å². The van der Waals surface area contributed by atoms with Gasteiger partial charge in [-0.15, -0.1) is 11.6 Å². The molecule has 0 bridgehead atoms. The number of benzene rings is 1. The highest BCUT2D eigenvalue weighted by Crippen LogP contribution is 2.48. The number of aromatic nitrogens is 2. The first-order chi connectivity index (χ1) is 10.1. The second kappa shape index (κ2) is 5.30. The molecule has 0 amide bonds. The molecular formula is C15H16ClFN2O2. The average Bonchev–Trinajstić information content (AvgIpc) is 3.22. The molecule has 21 heavy (non-hydrogen) atoms. The minimum absolute atomic E-state index is 0.255. The molecule has 2 aromatic rings. The number of carbonyl (C=O) groups is 1. The maximum Gasteiger partial charge on any atom is 0.337 e. The van der Waals surface area contributed by atoms with Crippen LogP contribution in [-0.4, -0.2) is 29.3 Å². The van der Waals surface area contributed by atoms with Crippen LogP contribution in [0.1, 0.15) is 29.0 Å². The van der Waals surface area contributed by atoms with E-state index in [0.717, 1.165) is 23.9 Å². The van der Waals surface area contributed by atoms with Crippen LogP contribution in [-0.2, 0) is 17.2 Å². The van der Waals surface area contributed by atoms with Gasteiger partial charge in [-0.3, -0.25) is 4.39 Å². The Hall–Kier alpha value is -1.62. The maximum atomic E-state index is 13.2. The van der Waals surface area contributed by atoms with Crippen LogP contribution in [0.2, 0.25) is 0 Å². The van der Waals surface area contributed by atoms with Crippen molar-refractivity contribution in [1.82, 2.24) is 9.55 Å². The van der Waals surface area contributed by atoms with E-state index in [9.17, 15) is 9.18 Å². The molecule has 1 aliphatic carbocycles. The lowest BCUT2D eigenvalue weighted by Gasteiger charge is -2.14. The molecule has 3 rings (SSSR count). The highest BCUT2D eigenvalue weighted by molar-refractivity contribution is 6.16. The van der Waals surface area contributed by atoms with E-state index in [-0.39, 0.29) is 18.0 Å². The van der Waals surface area contributed by atoms with E-state index in [1.54, 1.807) is 18.2 Å². The molecule has 1 aromatic heterocycles. The van der Waals surface area contributed by atoms with Gasteiger partial charge < -0.3 is 9.30 Å². The van der Waals surface area contributed by atoms with Gasteiger partial charge in [-0.05, 0) is 31.0 Å². The van der Waals surface area contributed by atoms with E-state index in [1.807, 2.05) is 4.57 Å². The predicted molar refractivity (Wildman–Crippen MR) is 78.3 cm³/mol. The Morgan fingerprint density at radius 1 is 1.52 bits per heavy atom. The summed E-state index contributed by atoms with van der Waals surface area (Å²) in [4.78, 5) is 16.1. The number of nitrogens with zero attached hydrogens (tertiary/aromatic N) is 2. The Labute approximate surface area is 126 Å². The van der Waals surface area contributed by atoms with Crippen molar-refractivity contribution in [1.29, 1.82) is 0 Å². The number of hydrogen-bond donors (Lipinski definition) is 0. The highest BCUT2D eigenvalue weighted by Gasteiger charge is 2.43. The van der Waals surface area contributed by atoms with Crippen molar-refractivity contribution in [2.75, 3.05) is 13.8 Å². The number of hydrogen-bond acceptors (Lipinski definition) is 3. The number of carbonyl (C=O) groups excluding carboxylic acids is 1. The number of rotatable bonds is 5. The minimum atomic E-state index is -0.399. The van der Waals surface area contributed by atoms with Gasteiger partial charge in [-0.1, -0.05) is 0 Å². The zero-order valence-electron chi connectivity index (χ0n) is 11.7. The van der Waals surface area contributed by atoms with Crippen LogP contribution in [0.15, 0.2) is 18.2 Å². The summed E-state index contributed by atoms with van der Waals surface area (Å²) in [5.41, 5.74) is 1.73. The smallest absolute Gasteiger partial charge is 0.337 e.